The van der Waals surface area contributed by atoms with Crippen molar-refractivity contribution in [1.29, 1.82) is 0 Å². The van der Waals surface area contributed by atoms with Crippen LogP contribution in [0.3, 0.4) is 0 Å². The molecule has 0 aromatic carbocycles. The van der Waals surface area contributed by atoms with Crippen molar-refractivity contribution in [3.8, 4) is 0 Å². The maximum Gasteiger partial charge on any atom is 0.193 e. The van der Waals surface area contributed by atoms with Gasteiger partial charge < -0.3 is 19.7 Å². The summed E-state index contributed by atoms with van der Waals surface area (Å²) in [6, 6.07) is 0.473. The number of likely N-dealkylation sites (tertiary alicyclic amines) is 2. The first-order valence-corrected chi connectivity index (χ1v) is 10.4. The van der Waals surface area contributed by atoms with Gasteiger partial charge in [0.25, 0.3) is 0 Å². The van der Waals surface area contributed by atoms with Crippen LogP contribution in [0.2, 0.25) is 0 Å². The number of hydrogen-bond acceptors (Lipinski definition) is 3. The molecule has 3 rings (SSSR count). The largest absolute Gasteiger partial charge is 0.357 e. The zero-order valence-corrected chi connectivity index (χ0v) is 19.5. The molecular formula is C20H37IN6. The van der Waals surface area contributed by atoms with E-state index in [1.165, 1.54) is 32.4 Å². The fourth-order valence-electron chi connectivity index (χ4n) is 4.32. The van der Waals surface area contributed by atoms with Crippen molar-refractivity contribution in [2.75, 3.05) is 45.8 Å². The molecule has 1 aromatic rings. The second-order valence-corrected chi connectivity index (χ2v) is 7.89. The summed E-state index contributed by atoms with van der Waals surface area (Å²) >= 11 is 0. The fraction of sp³-hybridized carbons (Fsp3) is 0.800. The molecule has 3 unspecified atom stereocenters. The van der Waals surface area contributed by atoms with Crippen LogP contribution in [0.5, 0.6) is 0 Å². The number of imidazole rings is 1. The minimum atomic E-state index is 0. The van der Waals surface area contributed by atoms with Crippen LogP contribution in [-0.4, -0.2) is 71.1 Å². The van der Waals surface area contributed by atoms with E-state index in [2.05, 4.69) is 51.6 Å². The zero-order chi connectivity index (χ0) is 18.4. The van der Waals surface area contributed by atoms with Crippen LogP contribution in [0.25, 0.3) is 0 Å². The molecular weight excluding hydrogens is 451 g/mol. The van der Waals surface area contributed by atoms with Crippen LogP contribution >= 0.6 is 24.0 Å². The number of aliphatic imine (C=N–C) groups is 1. The summed E-state index contributed by atoms with van der Waals surface area (Å²) in [5, 5.41) is 3.54. The maximum absolute atomic E-state index is 5.05. The second-order valence-electron chi connectivity index (χ2n) is 7.89. The van der Waals surface area contributed by atoms with Gasteiger partial charge in [-0.2, -0.15) is 0 Å². The van der Waals surface area contributed by atoms with E-state index in [0.29, 0.717) is 17.9 Å². The predicted octanol–water partition coefficient (Wildman–Crippen LogP) is 3.08. The summed E-state index contributed by atoms with van der Waals surface area (Å²) in [4.78, 5) is 14.3. The quantitative estimate of drug-likeness (QED) is 0.393. The first kappa shape index (κ1) is 22.5. The van der Waals surface area contributed by atoms with Gasteiger partial charge in [0.05, 0.1) is 12.4 Å². The number of nitrogens with one attached hydrogen (secondary N) is 1. The zero-order valence-electron chi connectivity index (χ0n) is 17.2. The molecule has 2 aliphatic rings. The fourth-order valence-corrected chi connectivity index (χ4v) is 4.32. The lowest BCUT2D eigenvalue weighted by Crippen LogP contribution is -2.49. The highest BCUT2D eigenvalue weighted by Gasteiger charge is 2.29. The Morgan fingerprint density at radius 3 is 2.78 bits per heavy atom. The molecule has 0 bridgehead atoms. The number of guanidine groups is 1. The van der Waals surface area contributed by atoms with E-state index in [-0.39, 0.29) is 24.0 Å². The Balaban J connectivity index is 0.00000261. The van der Waals surface area contributed by atoms with Crippen LogP contribution in [0.15, 0.2) is 23.7 Å². The summed E-state index contributed by atoms with van der Waals surface area (Å²) < 4.78 is 2.26. The lowest BCUT2D eigenvalue weighted by atomic mass is 9.93. The van der Waals surface area contributed by atoms with Crippen molar-refractivity contribution in [1.82, 2.24) is 24.7 Å². The smallest absolute Gasteiger partial charge is 0.193 e. The van der Waals surface area contributed by atoms with E-state index in [4.69, 9.17) is 4.99 Å². The van der Waals surface area contributed by atoms with Crippen LogP contribution in [0.1, 0.15) is 46.1 Å². The van der Waals surface area contributed by atoms with Gasteiger partial charge in [0.1, 0.15) is 0 Å². The van der Waals surface area contributed by atoms with Crippen LogP contribution in [-0.2, 0) is 0 Å². The molecule has 1 N–H and O–H groups in total. The van der Waals surface area contributed by atoms with Crippen molar-refractivity contribution in [3.05, 3.63) is 18.7 Å². The number of aromatic nitrogens is 2. The number of rotatable bonds is 5. The molecule has 0 saturated carbocycles. The molecule has 2 fully saturated rings. The van der Waals surface area contributed by atoms with E-state index < -0.39 is 0 Å². The first-order chi connectivity index (χ1) is 12.7. The summed E-state index contributed by atoms with van der Waals surface area (Å²) in [5.41, 5.74) is 0. The molecule has 7 heteroatoms. The van der Waals surface area contributed by atoms with E-state index in [1.807, 2.05) is 12.5 Å². The Morgan fingerprint density at radius 1 is 1.22 bits per heavy atom. The van der Waals surface area contributed by atoms with Gasteiger partial charge in [0, 0.05) is 45.1 Å². The number of piperidine rings is 2. The minimum absolute atomic E-state index is 0. The highest BCUT2D eigenvalue weighted by atomic mass is 127. The van der Waals surface area contributed by atoms with E-state index in [1.54, 1.807) is 0 Å². The van der Waals surface area contributed by atoms with Gasteiger partial charge in [-0.05, 0) is 51.1 Å². The predicted molar refractivity (Wildman–Crippen MR) is 123 cm³/mol. The van der Waals surface area contributed by atoms with Crippen LogP contribution in [0.4, 0.5) is 0 Å². The first-order valence-electron chi connectivity index (χ1n) is 10.4. The molecule has 154 valence electrons. The van der Waals surface area contributed by atoms with Crippen LogP contribution < -0.4 is 5.32 Å². The van der Waals surface area contributed by atoms with Crippen molar-refractivity contribution >= 4 is 29.9 Å². The molecule has 6 nitrogen and oxygen atoms in total. The molecule has 2 saturated heterocycles. The summed E-state index contributed by atoms with van der Waals surface area (Å²) in [7, 11) is 0. The van der Waals surface area contributed by atoms with Gasteiger partial charge in [0.2, 0.25) is 0 Å². The third-order valence-electron chi connectivity index (χ3n) is 6.01. The summed E-state index contributed by atoms with van der Waals surface area (Å²) in [6.45, 7) is 14.4. The second kappa shape index (κ2) is 11.2. The minimum Gasteiger partial charge on any atom is -0.357 e. The van der Waals surface area contributed by atoms with Gasteiger partial charge in [-0.1, -0.05) is 13.8 Å². The molecule has 0 radical (unpaired) electrons. The van der Waals surface area contributed by atoms with Gasteiger partial charge >= 0.3 is 0 Å². The molecule has 0 spiro atoms. The van der Waals surface area contributed by atoms with Crippen molar-refractivity contribution < 1.29 is 0 Å². The van der Waals surface area contributed by atoms with Gasteiger partial charge in [0.15, 0.2) is 5.96 Å². The normalized spacial score (nSPS) is 27.3. The standard InChI is InChI=1S/C20H36N6.HI/c1-4-22-20(23-13-18-7-6-10-24(5-2)14-18)25-11-8-17(3)19(15-25)26-12-9-21-16-26;/h9,12,16-19H,4-8,10-11,13-15H2,1-3H3,(H,22,23);1H. The van der Waals surface area contributed by atoms with Crippen molar-refractivity contribution in [2.45, 2.75) is 46.1 Å². The van der Waals surface area contributed by atoms with Crippen LogP contribution in [0, 0.1) is 11.8 Å². The number of halogens is 1. The Bertz CT molecular complexity index is 561. The Morgan fingerprint density at radius 2 is 2.07 bits per heavy atom. The average Bonchev–Trinajstić information content (AvgIpc) is 3.20. The SMILES string of the molecule is CCNC(=NCC1CCCN(CC)C1)N1CCC(C)C(n2ccnc2)C1.I. The monoisotopic (exact) mass is 488 g/mol. The van der Waals surface area contributed by atoms with E-state index >= 15 is 0 Å². The third-order valence-corrected chi connectivity index (χ3v) is 6.01. The molecule has 1 aromatic heterocycles. The molecule has 3 atom stereocenters. The lowest BCUT2D eigenvalue weighted by Gasteiger charge is -2.39. The molecule has 0 aliphatic carbocycles. The van der Waals surface area contributed by atoms with E-state index in [9.17, 15) is 0 Å². The summed E-state index contributed by atoms with van der Waals surface area (Å²) in [5.74, 6) is 2.46. The highest BCUT2D eigenvalue weighted by molar-refractivity contribution is 14.0. The van der Waals surface area contributed by atoms with E-state index in [0.717, 1.165) is 38.7 Å². The third kappa shape index (κ3) is 6.07. The number of nitrogens with zero attached hydrogens (tertiary/aromatic N) is 5. The highest BCUT2D eigenvalue weighted by Crippen LogP contribution is 2.27. The maximum atomic E-state index is 5.05. The number of hydrogen-bond donors (Lipinski definition) is 1. The average molecular weight is 488 g/mol. The Hall–Kier alpha value is -0.830. The van der Waals surface area contributed by atoms with Gasteiger partial charge in [-0.25, -0.2) is 4.98 Å². The van der Waals surface area contributed by atoms with Crippen molar-refractivity contribution in [3.63, 3.8) is 0 Å². The lowest BCUT2D eigenvalue weighted by molar-refractivity contribution is 0.181. The molecule has 27 heavy (non-hydrogen) atoms. The Kier molecular flexibility index (Phi) is 9.35. The topological polar surface area (TPSA) is 48.7 Å². The van der Waals surface area contributed by atoms with Crippen molar-refractivity contribution in [2.24, 2.45) is 16.8 Å². The molecule has 3 heterocycles. The molecule has 0 amide bonds. The summed E-state index contributed by atoms with van der Waals surface area (Å²) in [6.07, 6.45) is 9.75. The van der Waals surface area contributed by atoms with Gasteiger partial charge in [-0.15, -0.1) is 24.0 Å². The van der Waals surface area contributed by atoms with Gasteiger partial charge in [-0.3, -0.25) is 4.99 Å². The Labute approximate surface area is 181 Å². The molecule has 2 aliphatic heterocycles.